The molecule has 6 aromatic rings. The number of anilines is 3. The van der Waals surface area contributed by atoms with Gasteiger partial charge in [-0.1, -0.05) is 0 Å². The molecule has 2 aliphatic heterocycles. The molecule has 53 heavy (non-hydrogen) atoms. The molecule has 0 aromatic carbocycles. The van der Waals surface area contributed by atoms with Gasteiger partial charge in [0.2, 0.25) is 23.0 Å². The quantitative estimate of drug-likeness (QED) is 0.187. The van der Waals surface area contributed by atoms with E-state index in [9.17, 15) is 0 Å². The zero-order valence-corrected chi connectivity index (χ0v) is 31.6. The van der Waals surface area contributed by atoms with Gasteiger partial charge in [-0.25, -0.2) is 29.3 Å². The Hall–Kier alpha value is -5.19. The SMILES string of the molecule is COc1cc(C)c(N)cn1.COc1cc(C)c(Nc2ncc3c(C)nn(C4CCOCC4)c3n2)cn1.Cc1nn(C2CCOCC2)c2nc(Cl)ncc12. The summed E-state index contributed by atoms with van der Waals surface area (Å²) < 4.78 is 24.9. The van der Waals surface area contributed by atoms with Crippen LogP contribution >= 0.6 is 11.6 Å². The maximum absolute atomic E-state index is 5.85. The third kappa shape index (κ3) is 8.89. The van der Waals surface area contributed by atoms with E-state index in [1.807, 2.05) is 49.3 Å². The largest absolute Gasteiger partial charge is 0.481 e. The van der Waals surface area contributed by atoms with Crippen LogP contribution in [0, 0.1) is 27.7 Å². The van der Waals surface area contributed by atoms with E-state index in [-0.39, 0.29) is 5.28 Å². The number of halogens is 1. The number of methoxy groups -OCH3 is 2. The van der Waals surface area contributed by atoms with Gasteiger partial charge >= 0.3 is 0 Å². The number of fused-ring (bicyclic) bond motifs is 2. The van der Waals surface area contributed by atoms with Crippen molar-refractivity contribution in [3.8, 4) is 11.8 Å². The summed E-state index contributed by atoms with van der Waals surface area (Å²) in [7, 11) is 3.18. The van der Waals surface area contributed by atoms with Gasteiger partial charge in [0, 0.05) is 51.0 Å². The average molecular weight is 745 g/mol. The van der Waals surface area contributed by atoms with Gasteiger partial charge in [0.25, 0.3) is 0 Å². The Morgan fingerprint density at radius 3 is 1.74 bits per heavy atom. The maximum atomic E-state index is 5.85. The summed E-state index contributed by atoms with van der Waals surface area (Å²) in [6.45, 7) is 11.0. The number of nitrogens with one attached hydrogen (secondary N) is 1. The van der Waals surface area contributed by atoms with Crippen LogP contribution < -0.4 is 20.5 Å². The first-order chi connectivity index (χ1) is 25.6. The van der Waals surface area contributed by atoms with Crippen LogP contribution in [0.1, 0.15) is 60.3 Å². The standard InChI is InChI=1S/C18H22N6O2.C11H13ClN4O.C7H10N2O/c1-11-8-16(25-3)19-10-15(11)21-18-20-9-14-12(2)23-24(17(14)22-18)13-4-6-26-7-5-13;1-7-9-6-13-11(12)14-10(9)16(15-7)8-2-4-17-5-3-8;1-5-3-7(10-2)9-4-6(5)8/h8-10,13H,4-7H2,1-3H3,(H,20,21,22);6,8H,2-5H2,1H3;3-4H,8H2,1-2H3. The molecule has 8 rings (SSSR count). The third-order valence-electron chi connectivity index (χ3n) is 9.19. The Morgan fingerprint density at radius 1 is 0.698 bits per heavy atom. The molecular weight excluding hydrogens is 700 g/mol. The van der Waals surface area contributed by atoms with E-state index in [0.29, 0.717) is 35.5 Å². The molecular formula is C36H45ClN12O4. The molecule has 8 heterocycles. The van der Waals surface area contributed by atoms with Crippen LogP contribution in [0.5, 0.6) is 11.8 Å². The van der Waals surface area contributed by atoms with Crippen LogP contribution in [0.2, 0.25) is 5.28 Å². The fourth-order valence-electron chi connectivity index (χ4n) is 6.08. The molecule has 0 atom stereocenters. The van der Waals surface area contributed by atoms with Gasteiger partial charge in [-0.05, 0) is 76.1 Å². The predicted molar refractivity (Wildman–Crippen MR) is 202 cm³/mol. The van der Waals surface area contributed by atoms with Crippen molar-refractivity contribution >= 4 is 51.0 Å². The molecule has 0 amide bonds. The fraction of sp³-hybridized carbons (Fsp3) is 0.444. The first kappa shape index (κ1) is 37.6. The summed E-state index contributed by atoms with van der Waals surface area (Å²) in [5.41, 5.74) is 12.6. The summed E-state index contributed by atoms with van der Waals surface area (Å²) in [6, 6.07) is 4.34. The van der Waals surface area contributed by atoms with E-state index in [2.05, 4.69) is 35.3 Å². The lowest BCUT2D eigenvalue weighted by Crippen LogP contribution is -2.20. The van der Waals surface area contributed by atoms with E-state index in [0.717, 1.165) is 102 Å². The Bertz CT molecular complexity index is 2160. The van der Waals surface area contributed by atoms with Crippen molar-refractivity contribution in [3.05, 3.63) is 64.7 Å². The van der Waals surface area contributed by atoms with Crippen molar-refractivity contribution in [1.82, 2.24) is 49.5 Å². The second kappa shape index (κ2) is 17.1. The number of ether oxygens (including phenoxy) is 4. The van der Waals surface area contributed by atoms with Crippen molar-refractivity contribution in [2.75, 3.05) is 51.7 Å². The number of nitrogens with zero attached hydrogens (tertiary/aromatic N) is 10. The molecule has 0 unspecified atom stereocenters. The molecule has 2 fully saturated rings. The fourth-order valence-corrected chi connectivity index (χ4v) is 6.21. The molecule has 0 radical (unpaired) electrons. The monoisotopic (exact) mass is 744 g/mol. The van der Waals surface area contributed by atoms with Crippen LogP contribution in [-0.4, -0.2) is 90.1 Å². The van der Waals surface area contributed by atoms with Gasteiger partial charge in [0.1, 0.15) is 0 Å². The van der Waals surface area contributed by atoms with Gasteiger partial charge in [-0.15, -0.1) is 0 Å². The Kier molecular flexibility index (Phi) is 12.1. The van der Waals surface area contributed by atoms with Gasteiger partial charge in [0.05, 0.1) is 72.2 Å². The lowest BCUT2D eigenvalue weighted by molar-refractivity contribution is 0.0671. The second-order valence-electron chi connectivity index (χ2n) is 12.8. The number of nitrogens with two attached hydrogens (primary N) is 1. The molecule has 6 aromatic heterocycles. The maximum Gasteiger partial charge on any atom is 0.229 e. The topological polar surface area (TPSA) is 188 Å². The first-order valence-electron chi connectivity index (χ1n) is 17.4. The van der Waals surface area contributed by atoms with Crippen molar-refractivity contribution in [2.24, 2.45) is 0 Å². The molecule has 17 heteroatoms. The zero-order valence-electron chi connectivity index (χ0n) is 30.8. The number of nitrogen functional groups attached to an aromatic ring is 1. The summed E-state index contributed by atoms with van der Waals surface area (Å²) in [6.07, 6.45) is 10.7. The molecule has 2 saturated heterocycles. The predicted octanol–water partition coefficient (Wildman–Crippen LogP) is 6.06. The van der Waals surface area contributed by atoms with E-state index in [1.165, 1.54) is 0 Å². The minimum absolute atomic E-state index is 0.269. The highest BCUT2D eigenvalue weighted by Crippen LogP contribution is 2.29. The minimum Gasteiger partial charge on any atom is -0.481 e. The second-order valence-corrected chi connectivity index (χ2v) is 13.1. The van der Waals surface area contributed by atoms with Crippen LogP contribution in [0.3, 0.4) is 0 Å². The van der Waals surface area contributed by atoms with Crippen molar-refractivity contribution < 1.29 is 18.9 Å². The summed E-state index contributed by atoms with van der Waals surface area (Å²) in [4.78, 5) is 25.6. The number of aromatic nitrogens is 10. The lowest BCUT2D eigenvalue weighted by atomic mass is 10.1. The molecule has 0 bridgehead atoms. The highest BCUT2D eigenvalue weighted by atomic mass is 35.5. The highest BCUT2D eigenvalue weighted by molar-refractivity contribution is 6.28. The molecule has 0 saturated carbocycles. The van der Waals surface area contributed by atoms with Gasteiger partial charge < -0.3 is 30.0 Å². The molecule has 0 aliphatic carbocycles. The van der Waals surface area contributed by atoms with Gasteiger partial charge in [-0.3, -0.25) is 0 Å². The van der Waals surface area contributed by atoms with Crippen molar-refractivity contribution in [1.29, 1.82) is 0 Å². The molecule has 16 nitrogen and oxygen atoms in total. The third-order valence-corrected chi connectivity index (χ3v) is 9.37. The number of pyridine rings is 2. The van der Waals surface area contributed by atoms with Crippen molar-refractivity contribution in [2.45, 2.75) is 65.5 Å². The van der Waals surface area contributed by atoms with E-state index < -0.39 is 0 Å². The highest BCUT2D eigenvalue weighted by Gasteiger charge is 2.22. The minimum atomic E-state index is 0.269. The van der Waals surface area contributed by atoms with Gasteiger partial charge in [0.15, 0.2) is 11.3 Å². The lowest BCUT2D eigenvalue weighted by Gasteiger charge is -2.22. The van der Waals surface area contributed by atoms with Crippen LogP contribution in [-0.2, 0) is 9.47 Å². The normalized spacial score (nSPS) is 15.0. The van der Waals surface area contributed by atoms with Gasteiger partial charge in [-0.2, -0.15) is 20.2 Å². The summed E-state index contributed by atoms with van der Waals surface area (Å²) >= 11 is 5.85. The van der Waals surface area contributed by atoms with Crippen LogP contribution in [0.4, 0.5) is 17.3 Å². The Labute approximate surface area is 312 Å². The van der Waals surface area contributed by atoms with Crippen molar-refractivity contribution in [3.63, 3.8) is 0 Å². The molecule has 0 spiro atoms. The molecule has 3 N–H and O–H groups in total. The average Bonchev–Trinajstić information content (AvgIpc) is 3.69. The van der Waals surface area contributed by atoms with E-state index in [1.54, 1.807) is 38.9 Å². The molecule has 2 aliphatic rings. The number of hydrogen-bond acceptors (Lipinski definition) is 14. The number of rotatable bonds is 6. The zero-order chi connectivity index (χ0) is 37.5. The first-order valence-corrected chi connectivity index (χ1v) is 17.8. The summed E-state index contributed by atoms with van der Waals surface area (Å²) in [5.74, 6) is 1.71. The smallest absolute Gasteiger partial charge is 0.229 e. The number of hydrogen-bond donors (Lipinski definition) is 2. The summed E-state index contributed by atoms with van der Waals surface area (Å²) in [5, 5.41) is 14.7. The Morgan fingerprint density at radius 2 is 1.21 bits per heavy atom. The Balaban J connectivity index is 0.000000152. The van der Waals surface area contributed by atoms with E-state index >= 15 is 0 Å². The molecule has 280 valence electrons. The van der Waals surface area contributed by atoms with E-state index in [4.69, 9.17) is 46.4 Å². The van der Waals surface area contributed by atoms with Crippen LogP contribution in [0.25, 0.3) is 22.1 Å². The number of aryl methyl sites for hydroxylation is 4. The van der Waals surface area contributed by atoms with Crippen LogP contribution in [0.15, 0.2) is 36.9 Å².